The molecule has 2 aromatic rings. The summed E-state index contributed by atoms with van der Waals surface area (Å²) in [6, 6.07) is 11.6. The van der Waals surface area contributed by atoms with E-state index in [0.29, 0.717) is 11.2 Å². The van der Waals surface area contributed by atoms with E-state index in [9.17, 15) is 0 Å². The second kappa shape index (κ2) is 14.1. The van der Waals surface area contributed by atoms with Gasteiger partial charge < -0.3 is 0 Å². The molecular weight excluding hydrogens is 645 g/mol. The van der Waals surface area contributed by atoms with Crippen molar-refractivity contribution in [3.8, 4) is 0 Å². The molecule has 9 rings (SSSR count). The van der Waals surface area contributed by atoms with E-state index in [1.165, 1.54) is 126 Å². The number of allylic oxidation sites excluding steroid dienone is 9. The number of thiophene rings is 1. The highest BCUT2D eigenvalue weighted by atomic mass is 32.2. The molecule has 4 fully saturated rings. The number of hydrogen-bond acceptors (Lipinski definition) is 2. The monoisotopic (exact) mass is 704 g/mol. The zero-order valence-electron chi connectivity index (χ0n) is 30.4. The summed E-state index contributed by atoms with van der Waals surface area (Å²) in [5, 5.41) is 6.39. The molecule has 1 aromatic heterocycles. The fourth-order valence-corrected chi connectivity index (χ4v) is 19.9. The van der Waals surface area contributed by atoms with Crippen molar-refractivity contribution in [3.63, 3.8) is 0 Å². The predicted octanol–water partition coefficient (Wildman–Crippen LogP) is 14.3. The molecule has 4 saturated carbocycles. The summed E-state index contributed by atoms with van der Waals surface area (Å²) in [6.07, 6.45) is 38.3. The molecule has 0 amide bonds. The van der Waals surface area contributed by atoms with Crippen molar-refractivity contribution in [1.82, 2.24) is 0 Å². The standard InChI is InChI=1S/C46H60S2Si/c1-49(2)45(35-25-21-31(22-26-35)41-29-37-17-9-11-19-39(37)47-41)43(33-13-5-3-6-14-33)44(34-15-7-4-8-16-34)46(49)36-27-23-32(24-28-36)42-30-38-18-10-12-20-40(38)48-42/h9-12,17-20,29-37,39H,3-8,13-16,21-28H2,1-2H3. The van der Waals surface area contributed by atoms with Crippen LogP contribution in [-0.4, -0.2) is 13.3 Å². The lowest BCUT2D eigenvalue weighted by molar-refractivity contribution is 0.337. The molecule has 3 heterocycles. The molecule has 3 heteroatoms. The molecule has 5 aliphatic carbocycles. The highest BCUT2D eigenvalue weighted by molar-refractivity contribution is 8.04. The number of thioether (sulfide) groups is 1. The number of hydrogen-bond donors (Lipinski definition) is 0. The minimum atomic E-state index is -1.75. The molecule has 0 N–H and O–H groups in total. The van der Waals surface area contributed by atoms with E-state index in [4.69, 9.17) is 0 Å². The minimum Gasteiger partial charge on any atom is -0.140 e. The van der Waals surface area contributed by atoms with Crippen molar-refractivity contribution < 1.29 is 0 Å². The average Bonchev–Trinajstić information content (AvgIpc) is 3.85. The van der Waals surface area contributed by atoms with Gasteiger partial charge in [-0.25, -0.2) is 0 Å². The van der Waals surface area contributed by atoms with Gasteiger partial charge >= 0.3 is 0 Å². The fourth-order valence-electron chi connectivity index (χ4n) is 12.3. The van der Waals surface area contributed by atoms with E-state index in [1.54, 1.807) is 9.78 Å². The molecule has 0 spiro atoms. The highest BCUT2D eigenvalue weighted by Gasteiger charge is 2.50. The Kier molecular flexibility index (Phi) is 9.59. The Labute approximate surface area is 307 Å². The lowest BCUT2D eigenvalue weighted by Crippen LogP contribution is -2.39. The Hall–Kier alpha value is -1.55. The van der Waals surface area contributed by atoms with Crippen LogP contribution in [0.25, 0.3) is 10.1 Å². The first-order valence-corrected chi connectivity index (χ1v) is 25.5. The summed E-state index contributed by atoms with van der Waals surface area (Å²) < 4.78 is 1.49. The van der Waals surface area contributed by atoms with Crippen LogP contribution in [0.4, 0.5) is 0 Å². The van der Waals surface area contributed by atoms with Gasteiger partial charge in [0.25, 0.3) is 0 Å². The molecule has 49 heavy (non-hydrogen) atoms. The van der Waals surface area contributed by atoms with Crippen LogP contribution >= 0.6 is 23.1 Å². The number of rotatable bonds is 6. The molecule has 2 unspecified atom stereocenters. The molecule has 0 nitrogen and oxygen atoms in total. The summed E-state index contributed by atoms with van der Waals surface area (Å²) in [5.41, 5.74) is 4.12. The fraction of sp³-hybridized carbons (Fsp3) is 0.609. The van der Waals surface area contributed by atoms with Gasteiger partial charge in [-0.3, -0.25) is 0 Å². The van der Waals surface area contributed by atoms with E-state index < -0.39 is 8.07 Å². The smallest absolute Gasteiger partial charge is 0.104 e. The van der Waals surface area contributed by atoms with E-state index in [1.807, 2.05) is 0 Å². The second-order valence-electron chi connectivity index (χ2n) is 17.7. The first-order chi connectivity index (χ1) is 24.0. The largest absolute Gasteiger partial charge is 0.140 e. The third-order valence-corrected chi connectivity index (χ3v) is 21.3. The molecule has 7 aliphatic rings. The van der Waals surface area contributed by atoms with Crippen molar-refractivity contribution in [2.24, 2.45) is 35.5 Å². The normalized spacial score (nSPS) is 34.2. The SMILES string of the molecule is C[Si]1(C)C(C2CCC(C3=CC4C=CC=CC4S3)CC2)=C(C2CCCCC2)C(C2CCCCC2)=C1C1CCC(c2cc3ccccc3s2)CC1. The molecule has 2 atom stereocenters. The zero-order valence-corrected chi connectivity index (χ0v) is 33.1. The summed E-state index contributed by atoms with van der Waals surface area (Å²) >= 11 is 4.30. The maximum Gasteiger partial charge on any atom is 0.104 e. The molecule has 0 bridgehead atoms. The van der Waals surface area contributed by atoms with Gasteiger partial charge in [0.2, 0.25) is 0 Å². The van der Waals surface area contributed by atoms with E-state index >= 15 is 0 Å². The van der Waals surface area contributed by atoms with E-state index in [0.717, 1.165) is 35.5 Å². The second-order valence-corrected chi connectivity index (χ2v) is 24.4. The lowest BCUT2D eigenvalue weighted by atomic mass is 9.70. The molecule has 1 aromatic carbocycles. The molecule has 260 valence electrons. The Balaban J connectivity index is 1.02. The minimum absolute atomic E-state index is 0.642. The van der Waals surface area contributed by atoms with Crippen molar-refractivity contribution >= 4 is 41.3 Å². The number of fused-ring (bicyclic) bond motifs is 2. The van der Waals surface area contributed by atoms with Crippen LogP contribution in [0, 0.1) is 35.5 Å². The molecule has 0 saturated heterocycles. The van der Waals surface area contributed by atoms with Gasteiger partial charge in [0, 0.05) is 20.7 Å². The van der Waals surface area contributed by atoms with Crippen LogP contribution in [0.2, 0.25) is 13.1 Å². The highest BCUT2D eigenvalue weighted by Crippen LogP contribution is 2.59. The van der Waals surface area contributed by atoms with Crippen LogP contribution < -0.4 is 0 Å². The lowest BCUT2D eigenvalue weighted by Gasteiger charge is -2.40. The Morgan fingerprint density at radius 2 is 1.12 bits per heavy atom. The Bertz CT molecular complexity index is 1630. The molecule has 0 radical (unpaired) electrons. The first kappa shape index (κ1) is 33.3. The third-order valence-electron chi connectivity index (χ3n) is 14.5. The van der Waals surface area contributed by atoms with Crippen LogP contribution in [0.1, 0.15) is 126 Å². The maximum absolute atomic E-state index is 2.89. The first-order valence-electron chi connectivity index (χ1n) is 20.8. The summed E-state index contributed by atoms with van der Waals surface area (Å²) in [7, 11) is -1.75. The summed E-state index contributed by atoms with van der Waals surface area (Å²) in [6.45, 7) is 5.78. The van der Waals surface area contributed by atoms with Crippen molar-refractivity contribution in [2.75, 3.05) is 0 Å². The van der Waals surface area contributed by atoms with Gasteiger partial charge in [-0.1, -0.05) is 111 Å². The third kappa shape index (κ3) is 6.32. The van der Waals surface area contributed by atoms with Crippen LogP contribution in [0.3, 0.4) is 0 Å². The van der Waals surface area contributed by atoms with Gasteiger partial charge in [0.1, 0.15) is 8.07 Å². The summed E-state index contributed by atoms with van der Waals surface area (Å²) in [5.74, 6) is 5.67. The van der Waals surface area contributed by atoms with Crippen LogP contribution in [0.5, 0.6) is 0 Å². The van der Waals surface area contributed by atoms with E-state index in [2.05, 4.69) is 118 Å². The number of benzene rings is 1. The van der Waals surface area contributed by atoms with Gasteiger partial charge in [-0.2, -0.15) is 0 Å². The Morgan fingerprint density at radius 3 is 1.71 bits per heavy atom. The van der Waals surface area contributed by atoms with Gasteiger partial charge in [-0.15, -0.1) is 23.1 Å². The van der Waals surface area contributed by atoms with Gasteiger partial charge in [-0.05, 0) is 146 Å². The maximum atomic E-state index is 2.89. The predicted molar refractivity (Wildman–Crippen MR) is 218 cm³/mol. The van der Waals surface area contributed by atoms with Crippen molar-refractivity contribution in [1.29, 1.82) is 0 Å². The van der Waals surface area contributed by atoms with Gasteiger partial charge in [0.15, 0.2) is 0 Å². The average molecular weight is 705 g/mol. The van der Waals surface area contributed by atoms with Gasteiger partial charge in [0.05, 0.1) is 0 Å². The van der Waals surface area contributed by atoms with Crippen molar-refractivity contribution in [3.05, 3.63) is 92.0 Å². The van der Waals surface area contributed by atoms with Crippen molar-refractivity contribution in [2.45, 2.75) is 140 Å². The summed E-state index contributed by atoms with van der Waals surface area (Å²) in [4.78, 5) is 3.41. The quantitative estimate of drug-likeness (QED) is 0.270. The molecule has 2 aliphatic heterocycles. The topological polar surface area (TPSA) is 0 Å². The molecular formula is C46H60S2Si. The Morgan fingerprint density at radius 1 is 0.571 bits per heavy atom. The van der Waals surface area contributed by atoms with Crippen LogP contribution in [-0.2, 0) is 0 Å². The van der Waals surface area contributed by atoms with Crippen LogP contribution in [0.15, 0.2) is 87.2 Å². The zero-order chi connectivity index (χ0) is 33.0. The van der Waals surface area contributed by atoms with E-state index in [-0.39, 0.29) is 0 Å².